The number of rotatable bonds is 3. The molecule has 1 fully saturated rings. The second-order valence-electron chi connectivity index (χ2n) is 3.41. The van der Waals surface area contributed by atoms with E-state index >= 15 is 0 Å². The molecule has 0 radical (unpaired) electrons. The Morgan fingerprint density at radius 1 is 1.77 bits per heavy atom. The quantitative estimate of drug-likeness (QED) is 0.719. The van der Waals surface area contributed by atoms with Crippen molar-refractivity contribution in [3.63, 3.8) is 0 Å². The molecule has 1 aliphatic rings. The summed E-state index contributed by atoms with van der Waals surface area (Å²) in [6, 6.07) is 2.12. The zero-order valence-corrected chi connectivity index (χ0v) is 7.84. The first-order valence-electron chi connectivity index (χ1n) is 4.66. The monoisotopic (exact) mass is 181 g/mol. The molecule has 2 rings (SSSR count). The molecule has 1 unspecified atom stereocenters. The molecule has 1 aliphatic heterocycles. The van der Waals surface area contributed by atoms with Gasteiger partial charge in [0.05, 0.1) is 12.3 Å². The highest BCUT2D eigenvalue weighted by Gasteiger charge is 2.19. The van der Waals surface area contributed by atoms with Crippen LogP contribution in [0.5, 0.6) is 0 Å². The van der Waals surface area contributed by atoms with Gasteiger partial charge >= 0.3 is 0 Å². The molecule has 0 saturated carbocycles. The van der Waals surface area contributed by atoms with Gasteiger partial charge in [-0.2, -0.15) is 5.10 Å². The minimum Gasteiger partial charge on any atom is -0.381 e. The number of ether oxygens (including phenoxy) is 1. The van der Waals surface area contributed by atoms with Crippen LogP contribution < -0.4 is 5.32 Å². The molecular formula is C9H15N3O. The second kappa shape index (κ2) is 3.89. The molecule has 0 amide bonds. The summed E-state index contributed by atoms with van der Waals surface area (Å²) in [6.07, 6.45) is 1.10. The van der Waals surface area contributed by atoms with Gasteiger partial charge < -0.3 is 10.1 Å². The van der Waals surface area contributed by atoms with E-state index in [9.17, 15) is 0 Å². The first kappa shape index (κ1) is 8.72. The summed E-state index contributed by atoms with van der Waals surface area (Å²) in [5.41, 5.74) is 2.28. The Morgan fingerprint density at radius 2 is 2.69 bits per heavy atom. The first-order chi connectivity index (χ1) is 6.40. The molecule has 72 valence electrons. The minimum absolute atomic E-state index is 0.502. The zero-order valence-electron chi connectivity index (χ0n) is 7.84. The van der Waals surface area contributed by atoms with Crippen molar-refractivity contribution in [3.05, 3.63) is 17.5 Å². The lowest BCUT2D eigenvalue weighted by molar-refractivity contribution is 0.193. The van der Waals surface area contributed by atoms with Crippen LogP contribution in [0.15, 0.2) is 6.07 Å². The third-order valence-electron chi connectivity index (χ3n) is 2.37. The predicted octanol–water partition coefficient (Wildman–Crippen LogP) is 0.633. The van der Waals surface area contributed by atoms with E-state index in [1.165, 1.54) is 0 Å². The Balaban J connectivity index is 2.03. The average Bonchev–Trinajstić information content (AvgIpc) is 2.70. The fourth-order valence-electron chi connectivity index (χ4n) is 1.64. The van der Waals surface area contributed by atoms with E-state index in [1.54, 1.807) is 0 Å². The van der Waals surface area contributed by atoms with Gasteiger partial charge in [-0.1, -0.05) is 0 Å². The molecule has 4 heteroatoms. The molecule has 0 bridgehead atoms. The highest BCUT2D eigenvalue weighted by molar-refractivity contribution is 5.14. The molecule has 2 N–H and O–H groups in total. The van der Waals surface area contributed by atoms with Gasteiger partial charge in [0.25, 0.3) is 0 Å². The maximum absolute atomic E-state index is 5.31. The van der Waals surface area contributed by atoms with Crippen molar-refractivity contribution in [1.82, 2.24) is 15.5 Å². The van der Waals surface area contributed by atoms with Gasteiger partial charge in [0.15, 0.2) is 0 Å². The Morgan fingerprint density at radius 3 is 3.38 bits per heavy atom. The summed E-state index contributed by atoms with van der Waals surface area (Å²) in [6.45, 7) is 2.54. The third kappa shape index (κ3) is 1.89. The highest BCUT2D eigenvalue weighted by Crippen LogP contribution is 2.23. The molecule has 0 spiro atoms. The highest BCUT2D eigenvalue weighted by atomic mass is 16.5. The average molecular weight is 181 g/mol. The normalized spacial score (nSPS) is 22.4. The number of H-pyrrole nitrogens is 1. The van der Waals surface area contributed by atoms with Crippen LogP contribution in [-0.4, -0.2) is 30.5 Å². The molecular weight excluding hydrogens is 166 g/mol. The van der Waals surface area contributed by atoms with Crippen LogP contribution in [-0.2, 0) is 11.3 Å². The fourth-order valence-corrected chi connectivity index (χ4v) is 1.64. The molecule has 2 heterocycles. The topological polar surface area (TPSA) is 49.9 Å². The maximum atomic E-state index is 5.31. The number of hydrogen-bond donors (Lipinski definition) is 2. The third-order valence-corrected chi connectivity index (χ3v) is 2.37. The molecule has 1 aromatic heterocycles. The minimum atomic E-state index is 0.502. The van der Waals surface area contributed by atoms with Crippen LogP contribution in [0.2, 0.25) is 0 Å². The van der Waals surface area contributed by atoms with E-state index in [-0.39, 0.29) is 0 Å². The molecule has 4 nitrogen and oxygen atoms in total. The molecule has 0 aromatic carbocycles. The summed E-state index contributed by atoms with van der Waals surface area (Å²) in [5, 5.41) is 10.4. The summed E-state index contributed by atoms with van der Waals surface area (Å²) in [4.78, 5) is 0. The summed E-state index contributed by atoms with van der Waals surface area (Å²) < 4.78 is 5.31. The lowest BCUT2D eigenvalue weighted by Gasteiger charge is -2.00. The van der Waals surface area contributed by atoms with Gasteiger partial charge in [0, 0.05) is 24.8 Å². The van der Waals surface area contributed by atoms with Gasteiger partial charge in [-0.15, -0.1) is 0 Å². The lowest BCUT2D eigenvalue weighted by atomic mass is 10.1. The van der Waals surface area contributed by atoms with E-state index in [1.807, 2.05) is 7.05 Å². The van der Waals surface area contributed by atoms with Crippen molar-refractivity contribution in [3.8, 4) is 0 Å². The number of aromatic nitrogens is 2. The second-order valence-corrected chi connectivity index (χ2v) is 3.41. The van der Waals surface area contributed by atoms with Crippen LogP contribution in [0.25, 0.3) is 0 Å². The predicted molar refractivity (Wildman–Crippen MR) is 49.5 cm³/mol. The van der Waals surface area contributed by atoms with Crippen molar-refractivity contribution < 1.29 is 4.74 Å². The van der Waals surface area contributed by atoms with Gasteiger partial charge in [0.1, 0.15) is 0 Å². The Labute approximate surface area is 77.7 Å². The number of hydrogen-bond acceptors (Lipinski definition) is 3. The van der Waals surface area contributed by atoms with E-state index in [0.29, 0.717) is 5.92 Å². The van der Waals surface area contributed by atoms with Crippen molar-refractivity contribution in [2.75, 3.05) is 20.3 Å². The SMILES string of the molecule is CNCc1cc(C2CCOC2)n[nH]1. The Kier molecular flexibility index (Phi) is 2.61. The van der Waals surface area contributed by atoms with E-state index in [0.717, 1.165) is 37.6 Å². The Hall–Kier alpha value is -0.870. The zero-order chi connectivity index (χ0) is 9.10. The van der Waals surface area contributed by atoms with Crippen molar-refractivity contribution in [2.45, 2.75) is 18.9 Å². The van der Waals surface area contributed by atoms with Crippen molar-refractivity contribution in [2.24, 2.45) is 0 Å². The van der Waals surface area contributed by atoms with Gasteiger partial charge in [0.2, 0.25) is 0 Å². The van der Waals surface area contributed by atoms with Crippen LogP contribution in [0, 0.1) is 0 Å². The van der Waals surface area contributed by atoms with Gasteiger partial charge in [-0.3, -0.25) is 5.10 Å². The standard InChI is InChI=1S/C9H15N3O/c1-10-5-8-4-9(12-11-8)7-2-3-13-6-7/h4,7,10H,2-3,5-6H2,1H3,(H,11,12). The number of aromatic amines is 1. The van der Waals surface area contributed by atoms with Crippen LogP contribution in [0.4, 0.5) is 0 Å². The molecule has 13 heavy (non-hydrogen) atoms. The smallest absolute Gasteiger partial charge is 0.0680 e. The van der Waals surface area contributed by atoms with Crippen LogP contribution in [0.1, 0.15) is 23.7 Å². The molecule has 0 aliphatic carbocycles. The van der Waals surface area contributed by atoms with Crippen LogP contribution in [0.3, 0.4) is 0 Å². The van der Waals surface area contributed by atoms with E-state index in [4.69, 9.17) is 4.74 Å². The number of nitrogens with zero attached hydrogens (tertiary/aromatic N) is 1. The lowest BCUT2D eigenvalue weighted by Crippen LogP contribution is -2.04. The van der Waals surface area contributed by atoms with E-state index < -0.39 is 0 Å². The molecule has 1 atom stereocenters. The Bertz CT molecular complexity index is 266. The van der Waals surface area contributed by atoms with Crippen molar-refractivity contribution >= 4 is 0 Å². The maximum Gasteiger partial charge on any atom is 0.0680 e. The first-order valence-corrected chi connectivity index (χ1v) is 4.66. The van der Waals surface area contributed by atoms with E-state index in [2.05, 4.69) is 21.6 Å². The van der Waals surface area contributed by atoms with Crippen molar-refractivity contribution in [1.29, 1.82) is 0 Å². The summed E-state index contributed by atoms with van der Waals surface area (Å²) in [5.74, 6) is 0.502. The van der Waals surface area contributed by atoms with Gasteiger partial charge in [-0.05, 0) is 19.5 Å². The van der Waals surface area contributed by atoms with Crippen LogP contribution >= 0.6 is 0 Å². The number of nitrogens with one attached hydrogen (secondary N) is 2. The molecule has 1 aromatic rings. The fraction of sp³-hybridized carbons (Fsp3) is 0.667. The largest absolute Gasteiger partial charge is 0.381 e. The summed E-state index contributed by atoms with van der Waals surface area (Å²) >= 11 is 0. The van der Waals surface area contributed by atoms with Gasteiger partial charge in [-0.25, -0.2) is 0 Å². The summed E-state index contributed by atoms with van der Waals surface area (Å²) in [7, 11) is 1.93. The molecule has 1 saturated heterocycles.